The number of carbonyl (C=O) groups excluding carboxylic acids is 1. The van der Waals surface area contributed by atoms with Crippen molar-refractivity contribution in [3.8, 4) is 0 Å². The molecular weight excluding hydrogens is 406 g/mol. The Morgan fingerprint density at radius 3 is 2.59 bits per heavy atom. The fourth-order valence-electron chi connectivity index (χ4n) is 4.95. The third-order valence-electron chi connectivity index (χ3n) is 6.74. The smallest absolute Gasteiger partial charge is 0.271 e. The van der Waals surface area contributed by atoms with E-state index in [9.17, 15) is 9.59 Å². The summed E-state index contributed by atoms with van der Waals surface area (Å²) in [5, 5.41) is 8.19. The molecule has 0 spiro atoms. The Bertz CT molecular complexity index is 1200. The Morgan fingerprint density at radius 1 is 1.16 bits per heavy atom. The molecule has 1 N–H and O–H groups in total. The highest BCUT2D eigenvalue weighted by Crippen LogP contribution is 2.31. The van der Waals surface area contributed by atoms with Crippen LogP contribution in [0.15, 0.2) is 29.3 Å². The fraction of sp³-hybridized carbons (Fsp3) is 0.522. The van der Waals surface area contributed by atoms with Gasteiger partial charge in [-0.2, -0.15) is 10.1 Å². The summed E-state index contributed by atoms with van der Waals surface area (Å²) in [6, 6.07) is 3.75. The zero-order valence-corrected chi connectivity index (χ0v) is 18.6. The van der Waals surface area contributed by atoms with Gasteiger partial charge in [-0.15, -0.1) is 0 Å². The molecule has 0 unspecified atom stereocenters. The standard InChI is InChI=1S/C23H29N7O2/c1-15-13-20(31)30(17-5-3-4-6-17)21-18(15)14-24-23(26-21)29-11-7-16(8-12-29)25-22(32)19-9-10-28(2)27-19/h9-10,13-14,16-17H,3-8,11-12H2,1-2H3,(H,25,32). The van der Waals surface area contributed by atoms with Crippen molar-refractivity contribution in [2.75, 3.05) is 18.0 Å². The molecule has 0 bridgehead atoms. The summed E-state index contributed by atoms with van der Waals surface area (Å²) < 4.78 is 3.52. The van der Waals surface area contributed by atoms with Crippen LogP contribution in [0.5, 0.6) is 0 Å². The van der Waals surface area contributed by atoms with Crippen molar-refractivity contribution < 1.29 is 4.79 Å². The number of anilines is 1. The molecule has 2 aliphatic rings. The molecule has 0 atom stereocenters. The van der Waals surface area contributed by atoms with Gasteiger partial charge in [0.25, 0.3) is 11.5 Å². The summed E-state index contributed by atoms with van der Waals surface area (Å²) in [5.74, 6) is 0.519. The first kappa shape index (κ1) is 20.7. The topological polar surface area (TPSA) is 97.9 Å². The second-order valence-corrected chi connectivity index (χ2v) is 8.99. The highest BCUT2D eigenvalue weighted by atomic mass is 16.2. The van der Waals surface area contributed by atoms with E-state index >= 15 is 0 Å². The minimum absolute atomic E-state index is 0.0301. The molecule has 1 aliphatic heterocycles. The summed E-state index contributed by atoms with van der Waals surface area (Å²) >= 11 is 0. The minimum Gasteiger partial charge on any atom is -0.348 e. The van der Waals surface area contributed by atoms with Gasteiger partial charge in [0.2, 0.25) is 5.95 Å². The number of nitrogens with zero attached hydrogens (tertiary/aromatic N) is 6. The fourth-order valence-corrected chi connectivity index (χ4v) is 4.95. The second kappa shape index (κ2) is 8.37. The van der Waals surface area contributed by atoms with E-state index in [0.717, 1.165) is 68.2 Å². The zero-order chi connectivity index (χ0) is 22.2. The van der Waals surface area contributed by atoms with E-state index in [1.54, 1.807) is 30.1 Å². The van der Waals surface area contributed by atoms with Gasteiger partial charge in [0.15, 0.2) is 0 Å². The molecule has 4 heterocycles. The number of fused-ring (bicyclic) bond motifs is 1. The molecule has 168 valence electrons. The first-order valence-electron chi connectivity index (χ1n) is 11.4. The molecular formula is C23H29N7O2. The van der Waals surface area contributed by atoms with Gasteiger partial charge in [0.05, 0.1) is 0 Å². The highest BCUT2D eigenvalue weighted by molar-refractivity contribution is 5.92. The van der Waals surface area contributed by atoms with Crippen LogP contribution in [0, 0.1) is 6.92 Å². The van der Waals surface area contributed by atoms with Gasteiger partial charge >= 0.3 is 0 Å². The first-order chi connectivity index (χ1) is 15.5. The molecule has 1 saturated heterocycles. The quantitative estimate of drug-likeness (QED) is 0.676. The maximum absolute atomic E-state index is 12.8. The van der Waals surface area contributed by atoms with Gasteiger partial charge in [-0.3, -0.25) is 18.8 Å². The number of hydrogen-bond donors (Lipinski definition) is 1. The Hall–Kier alpha value is -3.23. The highest BCUT2D eigenvalue weighted by Gasteiger charge is 2.25. The first-order valence-corrected chi connectivity index (χ1v) is 11.4. The Balaban J connectivity index is 1.34. The Morgan fingerprint density at radius 2 is 1.91 bits per heavy atom. The molecule has 3 aromatic heterocycles. The number of piperidine rings is 1. The van der Waals surface area contributed by atoms with Crippen LogP contribution < -0.4 is 15.8 Å². The second-order valence-electron chi connectivity index (χ2n) is 8.99. The van der Waals surface area contributed by atoms with E-state index in [-0.39, 0.29) is 23.6 Å². The molecule has 2 fully saturated rings. The van der Waals surface area contributed by atoms with Crippen LogP contribution in [0.25, 0.3) is 11.0 Å². The van der Waals surface area contributed by atoms with Crippen LogP contribution in [0.3, 0.4) is 0 Å². The lowest BCUT2D eigenvalue weighted by atomic mass is 10.1. The van der Waals surface area contributed by atoms with Crippen LogP contribution in [0.4, 0.5) is 5.95 Å². The summed E-state index contributed by atoms with van der Waals surface area (Å²) in [6.07, 6.45) is 9.60. The summed E-state index contributed by atoms with van der Waals surface area (Å²) in [5.41, 5.74) is 2.13. The number of nitrogens with one attached hydrogen (secondary N) is 1. The average Bonchev–Trinajstić information content (AvgIpc) is 3.46. The van der Waals surface area contributed by atoms with Gasteiger partial charge in [0, 0.05) is 56.1 Å². The van der Waals surface area contributed by atoms with Gasteiger partial charge in [0.1, 0.15) is 11.3 Å². The molecule has 0 radical (unpaired) electrons. The van der Waals surface area contributed by atoms with Gasteiger partial charge in [-0.1, -0.05) is 12.8 Å². The maximum atomic E-state index is 12.8. The minimum atomic E-state index is -0.137. The van der Waals surface area contributed by atoms with E-state index in [0.29, 0.717) is 11.6 Å². The third-order valence-corrected chi connectivity index (χ3v) is 6.74. The SMILES string of the molecule is Cc1cc(=O)n(C2CCCC2)c2nc(N3CCC(NC(=O)c4ccn(C)n4)CC3)ncc12. The number of aromatic nitrogens is 5. The monoisotopic (exact) mass is 435 g/mol. The lowest BCUT2D eigenvalue weighted by Gasteiger charge is -2.32. The van der Waals surface area contributed by atoms with Crippen molar-refractivity contribution in [3.63, 3.8) is 0 Å². The largest absolute Gasteiger partial charge is 0.348 e. The number of hydrogen-bond acceptors (Lipinski definition) is 6. The van der Waals surface area contributed by atoms with Gasteiger partial charge in [-0.05, 0) is 44.2 Å². The number of aryl methyl sites for hydroxylation is 2. The number of pyridine rings is 1. The maximum Gasteiger partial charge on any atom is 0.271 e. The molecule has 5 rings (SSSR count). The van der Waals surface area contributed by atoms with Crippen molar-refractivity contribution in [1.29, 1.82) is 0 Å². The normalized spacial score (nSPS) is 17.9. The Kier molecular flexibility index (Phi) is 5.40. The van der Waals surface area contributed by atoms with Crippen LogP contribution in [0.2, 0.25) is 0 Å². The van der Waals surface area contributed by atoms with E-state index in [1.807, 2.05) is 17.7 Å². The molecule has 0 aromatic carbocycles. The summed E-state index contributed by atoms with van der Waals surface area (Å²) in [4.78, 5) is 36.9. The van der Waals surface area contributed by atoms with Crippen molar-refractivity contribution in [3.05, 3.63) is 46.1 Å². The molecule has 32 heavy (non-hydrogen) atoms. The molecule has 9 nitrogen and oxygen atoms in total. The average molecular weight is 436 g/mol. The van der Waals surface area contributed by atoms with Crippen LogP contribution in [-0.4, -0.2) is 49.4 Å². The van der Waals surface area contributed by atoms with Crippen molar-refractivity contribution in [1.82, 2.24) is 29.6 Å². The predicted molar refractivity (Wildman–Crippen MR) is 122 cm³/mol. The van der Waals surface area contributed by atoms with Crippen LogP contribution in [-0.2, 0) is 7.05 Å². The van der Waals surface area contributed by atoms with E-state index in [1.165, 1.54) is 0 Å². The Labute approximate surface area is 186 Å². The van der Waals surface area contributed by atoms with Crippen molar-refractivity contribution in [2.45, 2.75) is 57.5 Å². The lowest BCUT2D eigenvalue weighted by molar-refractivity contribution is 0.0925. The third kappa shape index (κ3) is 3.87. The van der Waals surface area contributed by atoms with Crippen molar-refractivity contribution in [2.24, 2.45) is 7.05 Å². The molecule has 9 heteroatoms. The summed E-state index contributed by atoms with van der Waals surface area (Å²) in [6.45, 7) is 3.44. The zero-order valence-electron chi connectivity index (χ0n) is 18.6. The van der Waals surface area contributed by atoms with Gasteiger partial charge in [-0.25, -0.2) is 4.98 Å². The van der Waals surface area contributed by atoms with Crippen molar-refractivity contribution >= 4 is 22.9 Å². The number of amides is 1. The molecule has 1 aliphatic carbocycles. The van der Waals surface area contributed by atoms with Crippen LogP contribution >= 0.6 is 0 Å². The summed E-state index contributed by atoms with van der Waals surface area (Å²) in [7, 11) is 1.80. The number of carbonyl (C=O) groups is 1. The van der Waals surface area contributed by atoms with E-state index in [4.69, 9.17) is 4.98 Å². The lowest BCUT2D eigenvalue weighted by Crippen LogP contribution is -2.45. The number of rotatable bonds is 4. The predicted octanol–water partition coefficient (Wildman–Crippen LogP) is 2.35. The molecule has 1 amide bonds. The molecule has 3 aromatic rings. The van der Waals surface area contributed by atoms with Gasteiger partial charge < -0.3 is 10.2 Å². The molecule has 1 saturated carbocycles. The van der Waals surface area contributed by atoms with E-state index in [2.05, 4.69) is 20.3 Å². The van der Waals surface area contributed by atoms with E-state index < -0.39 is 0 Å². The van der Waals surface area contributed by atoms with Crippen LogP contribution in [0.1, 0.15) is 60.6 Å².